The van der Waals surface area contributed by atoms with Gasteiger partial charge in [-0.25, -0.2) is 4.39 Å². The molecule has 0 N–H and O–H groups in total. The Kier molecular flexibility index (Phi) is 5.22. The molecule has 1 aromatic rings. The molecule has 0 fully saturated rings. The fourth-order valence-corrected chi connectivity index (χ4v) is 1.95. The third-order valence-electron chi connectivity index (χ3n) is 2.21. The number of alkyl halides is 1. The molecule has 0 spiro atoms. The number of nitrogens with zero attached hydrogens (tertiary/aromatic N) is 1. The summed E-state index contributed by atoms with van der Waals surface area (Å²) in [6.45, 7) is 2.93. The Morgan fingerprint density at radius 1 is 1.56 bits per heavy atom. The lowest BCUT2D eigenvalue weighted by Crippen LogP contribution is -2.33. The van der Waals surface area contributed by atoms with Crippen LogP contribution in [0, 0.1) is 5.82 Å². The molecule has 1 amide bonds. The van der Waals surface area contributed by atoms with Crippen LogP contribution in [-0.4, -0.2) is 29.2 Å². The monoisotopic (exact) mass is 307 g/mol. The average Bonchev–Trinajstić information content (AvgIpc) is 2.29. The summed E-state index contributed by atoms with van der Waals surface area (Å²) in [5.74, 6) is -0.982. The Labute approximate surface area is 108 Å². The van der Waals surface area contributed by atoms with Crippen LogP contribution in [0.3, 0.4) is 0 Å². The molecule has 16 heavy (non-hydrogen) atoms. The topological polar surface area (TPSA) is 20.3 Å². The van der Waals surface area contributed by atoms with E-state index in [9.17, 15) is 9.18 Å². The van der Waals surface area contributed by atoms with Crippen molar-refractivity contribution >= 4 is 33.4 Å². The number of hydrogen-bond donors (Lipinski definition) is 0. The maximum absolute atomic E-state index is 13.6. The summed E-state index contributed by atoms with van der Waals surface area (Å²) in [5, 5.41) is 0.634. The number of hydrogen-bond acceptors (Lipinski definition) is 1. The molecule has 0 heterocycles. The molecule has 1 aromatic carbocycles. The normalized spacial score (nSPS) is 10.2. The predicted molar refractivity (Wildman–Crippen MR) is 66.8 cm³/mol. The van der Waals surface area contributed by atoms with Gasteiger partial charge in [0.25, 0.3) is 5.91 Å². The summed E-state index contributed by atoms with van der Waals surface area (Å²) in [4.78, 5) is 13.5. The van der Waals surface area contributed by atoms with Gasteiger partial charge < -0.3 is 4.90 Å². The zero-order valence-electron chi connectivity index (χ0n) is 8.84. The SMILES string of the molecule is CCN(CCBr)C(=O)c1cccc(Cl)c1F. The van der Waals surface area contributed by atoms with Gasteiger partial charge in [-0.15, -0.1) is 0 Å². The van der Waals surface area contributed by atoms with Crippen LogP contribution in [0.5, 0.6) is 0 Å². The van der Waals surface area contributed by atoms with Crippen molar-refractivity contribution in [1.29, 1.82) is 0 Å². The Bertz CT molecular complexity index is 386. The van der Waals surface area contributed by atoms with E-state index < -0.39 is 5.82 Å². The Morgan fingerprint density at radius 3 is 2.81 bits per heavy atom. The van der Waals surface area contributed by atoms with Gasteiger partial charge in [-0.05, 0) is 19.1 Å². The Hall–Kier alpha value is -0.610. The molecule has 88 valence electrons. The molecule has 0 radical (unpaired) electrons. The fourth-order valence-electron chi connectivity index (χ4n) is 1.34. The molecular weight excluding hydrogens is 296 g/mol. The van der Waals surface area contributed by atoms with Crippen LogP contribution in [0.25, 0.3) is 0 Å². The highest BCUT2D eigenvalue weighted by molar-refractivity contribution is 9.09. The van der Waals surface area contributed by atoms with Crippen molar-refractivity contribution < 1.29 is 9.18 Å². The Morgan fingerprint density at radius 2 is 2.25 bits per heavy atom. The summed E-state index contributed by atoms with van der Waals surface area (Å²) < 4.78 is 13.6. The molecule has 5 heteroatoms. The number of rotatable bonds is 4. The van der Waals surface area contributed by atoms with Crippen molar-refractivity contribution in [1.82, 2.24) is 4.90 Å². The van der Waals surface area contributed by atoms with Gasteiger partial charge in [-0.3, -0.25) is 4.79 Å². The predicted octanol–water partition coefficient (Wildman–Crippen LogP) is 3.34. The van der Waals surface area contributed by atoms with Gasteiger partial charge in [0.1, 0.15) is 0 Å². The molecule has 0 saturated heterocycles. The largest absolute Gasteiger partial charge is 0.338 e. The number of carbonyl (C=O) groups is 1. The average molecular weight is 309 g/mol. The van der Waals surface area contributed by atoms with Crippen molar-refractivity contribution in [3.63, 3.8) is 0 Å². The summed E-state index contributed by atoms with van der Waals surface area (Å²) in [5.41, 5.74) is 0.0234. The van der Waals surface area contributed by atoms with E-state index >= 15 is 0 Å². The minimum absolute atomic E-state index is 0.0234. The molecular formula is C11H12BrClFNO. The van der Waals surface area contributed by atoms with Crippen molar-refractivity contribution in [2.45, 2.75) is 6.92 Å². The van der Waals surface area contributed by atoms with Gasteiger partial charge >= 0.3 is 0 Å². The first-order chi connectivity index (χ1) is 7.61. The maximum Gasteiger partial charge on any atom is 0.256 e. The van der Waals surface area contributed by atoms with Crippen LogP contribution in [0.1, 0.15) is 17.3 Å². The number of halogens is 3. The first kappa shape index (κ1) is 13.5. The number of amides is 1. The van der Waals surface area contributed by atoms with Gasteiger partial charge in [0.2, 0.25) is 0 Å². The minimum Gasteiger partial charge on any atom is -0.338 e. The summed E-state index contributed by atoms with van der Waals surface area (Å²) in [6, 6.07) is 4.44. The lowest BCUT2D eigenvalue weighted by Gasteiger charge is -2.20. The second kappa shape index (κ2) is 6.21. The lowest BCUT2D eigenvalue weighted by molar-refractivity contribution is 0.0770. The Balaban J connectivity index is 2.99. The van der Waals surface area contributed by atoms with Crippen molar-refractivity contribution in [3.8, 4) is 0 Å². The number of benzene rings is 1. The summed E-state index contributed by atoms with van der Waals surface area (Å²) in [7, 11) is 0. The maximum atomic E-state index is 13.6. The highest BCUT2D eigenvalue weighted by Gasteiger charge is 2.18. The van der Waals surface area contributed by atoms with Crippen molar-refractivity contribution in [3.05, 3.63) is 34.6 Å². The van der Waals surface area contributed by atoms with E-state index in [0.717, 1.165) is 0 Å². The first-order valence-electron chi connectivity index (χ1n) is 4.91. The quantitative estimate of drug-likeness (QED) is 0.781. The van der Waals surface area contributed by atoms with Crippen molar-refractivity contribution in [2.24, 2.45) is 0 Å². The second-order valence-electron chi connectivity index (χ2n) is 3.18. The molecule has 0 saturated carbocycles. The first-order valence-corrected chi connectivity index (χ1v) is 6.41. The van der Waals surface area contributed by atoms with E-state index in [1.807, 2.05) is 6.92 Å². The van der Waals surface area contributed by atoms with E-state index in [2.05, 4.69) is 15.9 Å². The van der Waals surface area contributed by atoms with Gasteiger partial charge in [-0.2, -0.15) is 0 Å². The van der Waals surface area contributed by atoms with Crippen LogP contribution in [-0.2, 0) is 0 Å². The molecule has 0 aliphatic rings. The number of carbonyl (C=O) groups excluding carboxylic acids is 1. The third-order valence-corrected chi connectivity index (χ3v) is 2.85. The van der Waals surface area contributed by atoms with Crippen LogP contribution < -0.4 is 0 Å². The molecule has 0 aliphatic carbocycles. The minimum atomic E-state index is -0.651. The van der Waals surface area contributed by atoms with Gasteiger partial charge in [0.05, 0.1) is 10.6 Å². The zero-order chi connectivity index (χ0) is 12.1. The second-order valence-corrected chi connectivity index (χ2v) is 4.38. The third kappa shape index (κ3) is 2.95. The highest BCUT2D eigenvalue weighted by Crippen LogP contribution is 2.19. The van der Waals surface area contributed by atoms with E-state index in [0.29, 0.717) is 18.4 Å². The fraction of sp³-hybridized carbons (Fsp3) is 0.364. The molecule has 0 aromatic heterocycles. The van der Waals surface area contributed by atoms with Crippen LogP contribution in [0.2, 0.25) is 5.02 Å². The smallest absolute Gasteiger partial charge is 0.256 e. The molecule has 0 bridgehead atoms. The van der Waals surface area contributed by atoms with Crippen LogP contribution in [0.15, 0.2) is 18.2 Å². The van der Waals surface area contributed by atoms with E-state index in [1.54, 1.807) is 11.0 Å². The lowest BCUT2D eigenvalue weighted by atomic mass is 10.2. The molecule has 1 rings (SSSR count). The van der Waals surface area contributed by atoms with Crippen LogP contribution >= 0.6 is 27.5 Å². The summed E-state index contributed by atoms with van der Waals surface area (Å²) in [6.07, 6.45) is 0. The summed E-state index contributed by atoms with van der Waals surface area (Å²) >= 11 is 8.88. The molecule has 2 nitrogen and oxygen atoms in total. The highest BCUT2D eigenvalue weighted by atomic mass is 79.9. The zero-order valence-corrected chi connectivity index (χ0v) is 11.2. The molecule has 0 unspecified atom stereocenters. The molecule has 0 aliphatic heterocycles. The standard InChI is InChI=1S/C11H12BrClFNO/c1-2-15(7-6-12)11(16)8-4-3-5-9(13)10(8)14/h3-5H,2,6-7H2,1H3. The van der Waals surface area contributed by atoms with Gasteiger partial charge in [-0.1, -0.05) is 33.6 Å². The van der Waals surface area contributed by atoms with Crippen LogP contribution in [0.4, 0.5) is 4.39 Å². The van der Waals surface area contributed by atoms with Gasteiger partial charge in [0.15, 0.2) is 5.82 Å². The van der Waals surface area contributed by atoms with E-state index in [4.69, 9.17) is 11.6 Å². The van der Waals surface area contributed by atoms with Crippen molar-refractivity contribution in [2.75, 3.05) is 18.4 Å². The molecule has 0 atom stereocenters. The van der Waals surface area contributed by atoms with E-state index in [-0.39, 0.29) is 16.5 Å². The van der Waals surface area contributed by atoms with Gasteiger partial charge in [0, 0.05) is 18.4 Å². The van der Waals surface area contributed by atoms with E-state index in [1.165, 1.54) is 12.1 Å².